The van der Waals surface area contributed by atoms with Gasteiger partial charge in [0.05, 0.1) is 13.3 Å². The number of carbonyl (C=O) groups excluding carboxylic acids is 1. The minimum Gasteiger partial charge on any atom is -0.480 e. The van der Waals surface area contributed by atoms with Crippen molar-refractivity contribution in [1.82, 2.24) is 24.9 Å². The van der Waals surface area contributed by atoms with Crippen molar-refractivity contribution in [2.45, 2.75) is 6.54 Å². The standard InChI is InChI=1S/C13H15N5O2/c1-20-12-11(3-2-4-14-12)13(19)17-7-10(8-17)9-18-6-5-15-16-18/h2-6,10H,7-9H2,1H3. The predicted octanol–water partition coefficient (Wildman–Crippen LogP) is 0.454. The van der Waals surface area contributed by atoms with Crippen LogP contribution in [0.15, 0.2) is 30.7 Å². The highest BCUT2D eigenvalue weighted by atomic mass is 16.5. The number of ether oxygens (including phenoxy) is 1. The van der Waals surface area contributed by atoms with Crippen molar-refractivity contribution in [2.24, 2.45) is 5.92 Å². The zero-order valence-corrected chi connectivity index (χ0v) is 11.1. The van der Waals surface area contributed by atoms with Crippen LogP contribution in [-0.2, 0) is 6.54 Å². The lowest BCUT2D eigenvalue weighted by atomic mass is 9.99. The number of amides is 1. The van der Waals surface area contributed by atoms with E-state index in [0.29, 0.717) is 17.4 Å². The Labute approximate surface area is 116 Å². The lowest BCUT2D eigenvalue weighted by molar-refractivity contribution is 0.0456. The van der Waals surface area contributed by atoms with Gasteiger partial charge in [-0.15, -0.1) is 5.10 Å². The molecule has 0 N–H and O–H groups in total. The second kappa shape index (κ2) is 5.28. The van der Waals surface area contributed by atoms with Gasteiger partial charge in [-0.25, -0.2) is 4.98 Å². The summed E-state index contributed by atoms with van der Waals surface area (Å²) in [5.41, 5.74) is 0.509. The summed E-state index contributed by atoms with van der Waals surface area (Å²) >= 11 is 0. The smallest absolute Gasteiger partial charge is 0.259 e. The van der Waals surface area contributed by atoms with Crippen molar-refractivity contribution in [3.63, 3.8) is 0 Å². The first-order valence-corrected chi connectivity index (χ1v) is 6.40. The van der Waals surface area contributed by atoms with Gasteiger partial charge in [-0.3, -0.25) is 9.48 Å². The molecule has 2 aromatic heterocycles. The van der Waals surface area contributed by atoms with Crippen LogP contribution in [0, 0.1) is 5.92 Å². The Hall–Kier alpha value is -2.44. The second-order valence-electron chi connectivity index (χ2n) is 4.76. The Morgan fingerprint density at radius 3 is 3.00 bits per heavy atom. The molecule has 1 saturated heterocycles. The Morgan fingerprint density at radius 2 is 2.30 bits per heavy atom. The molecule has 0 radical (unpaired) electrons. The third-order valence-corrected chi connectivity index (χ3v) is 3.36. The molecule has 0 aromatic carbocycles. The number of pyridine rings is 1. The third-order valence-electron chi connectivity index (χ3n) is 3.36. The molecule has 2 aromatic rings. The van der Waals surface area contributed by atoms with Crippen LogP contribution in [-0.4, -0.2) is 51.0 Å². The van der Waals surface area contributed by atoms with Crippen LogP contribution in [0.4, 0.5) is 0 Å². The Balaban J connectivity index is 1.60. The maximum absolute atomic E-state index is 12.3. The van der Waals surface area contributed by atoms with Crippen LogP contribution in [0.2, 0.25) is 0 Å². The lowest BCUT2D eigenvalue weighted by Gasteiger charge is -2.39. The van der Waals surface area contributed by atoms with Crippen molar-refractivity contribution in [1.29, 1.82) is 0 Å². The van der Waals surface area contributed by atoms with Gasteiger partial charge >= 0.3 is 0 Å². The number of aromatic nitrogens is 4. The van der Waals surface area contributed by atoms with E-state index in [2.05, 4.69) is 15.3 Å². The van der Waals surface area contributed by atoms with Gasteiger partial charge in [-0.2, -0.15) is 0 Å². The first-order chi connectivity index (χ1) is 9.78. The van der Waals surface area contributed by atoms with Crippen molar-refractivity contribution < 1.29 is 9.53 Å². The molecule has 0 spiro atoms. The Morgan fingerprint density at radius 1 is 1.45 bits per heavy atom. The molecule has 7 heteroatoms. The van der Waals surface area contributed by atoms with Crippen LogP contribution >= 0.6 is 0 Å². The van der Waals surface area contributed by atoms with Crippen molar-refractivity contribution >= 4 is 5.91 Å². The molecule has 20 heavy (non-hydrogen) atoms. The van der Waals surface area contributed by atoms with Crippen LogP contribution in [0.1, 0.15) is 10.4 Å². The monoisotopic (exact) mass is 273 g/mol. The first kappa shape index (κ1) is 12.6. The molecule has 1 aliphatic heterocycles. The normalized spacial score (nSPS) is 14.9. The van der Waals surface area contributed by atoms with Crippen LogP contribution in [0.3, 0.4) is 0 Å². The number of carbonyl (C=O) groups is 1. The lowest BCUT2D eigenvalue weighted by Crippen LogP contribution is -2.51. The van der Waals surface area contributed by atoms with Gasteiger partial charge in [0.1, 0.15) is 5.56 Å². The number of hydrogen-bond acceptors (Lipinski definition) is 5. The number of hydrogen-bond donors (Lipinski definition) is 0. The Bertz CT molecular complexity index is 593. The summed E-state index contributed by atoms with van der Waals surface area (Å²) in [6, 6.07) is 3.47. The number of likely N-dealkylation sites (tertiary alicyclic amines) is 1. The van der Waals surface area contributed by atoms with E-state index in [9.17, 15) is 4.79 Å². The fourth-order valence-electron chi connectivity index (χ4n) is 2.33. The van der Waals surface area contributed by atoms with E-state index in [0.717, 1.165) is 19.6 Å². The minimum absolute atomic E-state index is 0.0372. The maximum Gasteiger partial charge on any atom is 0.259 e. The molecule has 7 nitrogen and oxygen atoms in total. The van der Waals surface area contributed by atoms with E-state index in [4.69, 9.17) is 4.74 Å². The molecule has 1 fully saturated rings. The molecular formula is C13H15N5O2. The van der Waals surface area contributed by atoms with E-state index in [1.165, 1.54) is 7.11 Å². The molecule has 3 rings (SSSR count). The molecule has 0 aliphatic carbocycles. The fourth-order valence-corrected chi connectivity index (χ4v) is 2.33. The summed E-state index contributed by atoms with van der Waals surface area (Å²) in [4.78, 5) is 18.2. The van der Waals surface area contributed by atoms with Crippen LogP contribution < -0.4 is 4.74 Å². The van der Waals surface area contributed by atoms with E-state index in [1.807, 2.05) is 6.20 Å². The summed E-state index contributed by atoms with van der Waals surface area (Å²) in [6.07, 6.45) is 5.09. The summed E-state index contributed by atoms with van der Waals surface area (Å²) in [5.74, 6) is 0.755. The summed E-state index contributed by atoms with van der Waals surface area (Å²) in [7, 11) is 1.52. The van der Waals surface area contributed by atoms with Gasteiger partial charge in [-0.05, 0) is 12.1 Å². The van der Waals surface area contributed by atoms with Gasteiger partial charge < -0.3 is 9.64 Å². The molecule has 3 heterocycles. The first-order valence-electron chi connectivity index (χ1n) is 6.40. The zero-order valence-electron chi connectivity index (χ0n) is 11.1. The highest BCUT2D eigenvalue weighted by Crippen LogP contribution is 2.23. The van der Waals surface area contributed by atoms with Gasteiger partial charge in [0, 0.05) is 37.9 Å². The van der Waals surface area contributed by atoms with Gasteiger partial charge in [0.15, 0.2) is 0 Å². The van der Waals surface area contributed by atoms with Crippen LogP contribution in [0.25, 0.3) is 0 Å². The van der Waals surface area contributed by atoms with E-state index >= 15 is 0 Å². The van der Waals surface area contributed by atoms with Gasteiger partial charge in [-0.1, -0.05) is 5.21 Å². The molecule has 0 atom stereocenters. The number of rotatable bonds is 4. The number of nitrogens with zero attached hydrogens (tertiary/aromatic N) is 5. The average molecular weight is 273 g/mol. The maximum atomic E-state index is 12.3. The van der Waals surface area contributed by atoms with E-state index < -0.39 is 0 Å². The summed E-state index contributed by atoms with van der Waals surface area (Å²) < 4.78 is 6.91. The SMILES string of the molecule is COc1ncccc1C(=O)N1CC(Cn2ccnn2)C1. The third kappa shape index (κ3) is 2.34. The quantitative estimate of drug-likeness (QED) is 0.809. The van der Waals surface area contributed by atoms with Crippen molar-refractivity contribution in [2.75, 3.05) is 20.2 Å². The van der Waals surface area contributed by atoms with Crippen LogP contribution in [0.5, 0.6) is 5.88 Å². The molecule has 1 amide bonds. The molecule has 104 valence electrons. The largest absolute Gasteiger partial charge is 0.480 e. The number of methoxy groups -OCH3 is 1. The van der Waals surface area contributed by atoms with Crippen molar-refractivity contribution in [3.8, 4) is 5.88 Å². The van der Waals surface area contributed by atoms with E-state index in [1.54, 1.807) is 34.1 Å². The fraction of sp³-hybridized carbons (Fsp3) is 0.385. The minimum atomic E-state index is -0.0372. The van der Waals surface area contributed by atoms with Gasteiger partial charge in [0.25, 0.3) is 5.91 Å². The zero-order chi connectivity index (χ0) is 13.9. The molecular weight excluding hydrogens is 258 g/mol. The summed E-state index contributed by atoms with van der Waals surface area (Å²) in [6.45, 7) is 2.22. The topological polar surface area (TPSA) is 73.1 Å². The highest BCUT2D eigenvalue weighted by molar-refractivity contribution is 5.96. The second-order valence-corrected chi connectivity index (χ2v) is 4.76. The predicted molar refractivity (Wildman–Crippen MR) is 70.2 cm³/mol. The molecule has 0 unspecified atom stereocenters. The highest BCUT2D eigenvalue weighted by Gasteiger charge is 2.32. The average Bonchev–Trinajstić information content (AvgIpc) is 2.94. The molecule has 0 saturated carbocycles. The van der Waals surface area contributed by atoms with Gasteiger partial charge in [0.2, 0.25) is 5.88 Å². The van der Waals surface area contributed by atoms with E-state index in [-0.39, 0.29) is 5.91 Å². The van der Waals surface area contributed by atoms with Crippen molar-refractivity contribution in [3.05, 3.63) is 36.3 Å². The Kier molecular flexibility index (Phi) is 3.32. The molecule has 0 bridgehead atoms. The summed E-state index contributed by atoms with van der Waals surface area (Å²) in [5, 5.41) is 7.69. The molecule has 1 aliphatic rings.